The lowest BCUT2D eigenvalue weighted by molar-refractivity contribution is -0.122. The average molecular weight is 488 g/mol. The van der Waals surface area contributed by atoms with Crippen molar-refractivity contribution in [2.24, 2.45) is 16.6 Å². The molecule has 2 aliphatic rings. The molecule has 1 amide bonds. The van der Waals surface area contributed by atoms with Gasteiger partial charge in [0.15, 0.2) is 11.4 Å². The molecule has 11 heteroatoms. The van der Waals surface area contributed by atoms with Gasteiger partial charge in [-0.25, -0.2) is 18.2 Å². The lowest BCUT2D eigenvalue weighted by Gasteiger charge is -2.33. The number of anilines is 1. The maximum atomic E-state index is 15.3. The number of amides is 1. The second-order valence-electron chi connectivity index (χ2n) is 8.07. The van der Waals surface area contributed by atoms with Crippen molar-refractivity contribution in [1.29, 1.82) is 0 Å². The van der Waals surface area contributed by atoms with Crippen LogP contribution in [0.1, 0.15) is 41.4 Å². The molecule has 2 aromatic rings. The van der Waals surface area contributed by atoms with Crippen molar-refractivity contribution in [3.63, 3.8) is 0 Å². The molecule has 35 heavy (non-hydrogen) atoms. The monoisotopic (exact) mass is 488 g/mol. The van der Waals surface area contributed by atoms with Crippen molar-refractivity contribution >= 4 is 23.9 Å². The third-order valence-corrected chi connectivity index (χ3v) is 5.38. The van der Waals surface area contributed by atoms with Gasteiger partial charge < -0.3 is 20.9 Å². The van der Waals surface area contributed by atoms with Crippen LogP contribution in [0.2, 0.25) is 0 Å². The third-order valence-electron chi connectivity index (χ3n) is 5.38. The van der Waals surface area contributed by atoms with Gasteiger partial charge in [0.05, 0.1) is 5.69 Å². The number of hydrogen-bond acceptors (Lipinski definition) is 6. The van der Waals surface area contributed by atoms with Gasteiger partial charge in [-0.05, 0) is 38.0 Å². The maximum Gasteiger partial charge on any atom is 0.299 e. The number of halogens is 3. The van der Waals surface area contributed by atoms with E-state index < -0.39 is 35.4 Å². The first-order chi connectivity index (χ1) is 16.6. The Labute approximate surface area is 199 Å². The van der Waals surface area contributed by atoms with Crippen LogP contribution in [0.3, 0.4) is 0 Å². The van der Waals surface area contributed by atoms with Crippen LogP contribution >= 0.6 is 0 Å². The van der Waals surface area contributed by atoms with Crippen LogP contribution in [0, 0.1) is 23.6 Å². The van der Waals surface area contributed by atoms with E-state index in [9.17, 15) is 13.6 Å². The van der Waals surface area contributed by atoms with E-state index in [1.807, 2.05) is 0 Å². The molecule has 1 aliphatic heterocycles. The van der Waals surface area contributed by atoms with Crippen LogP contribution < -0.4 is 11.1 Å². The van der Waals surface area contributed by atoms with Crippen LogP contribution in [0.5, 0.6) is 0 Å². The molecule has 4 rings (SSSR count). The van der Waals surface area contributed by atoms with E-state index in [-0.39, 0.29) is 30.3 Å². The highest BCUT2D eigenvalue weighted by atomic mass is 19.3. The van der Waals surface area contributed by atoms with E-state index in [1.54, 1.807) is 6.07 Å². The molecule has 1 aromatic carbocycles. The average Bonchev–Trinajstić information content (AvgIpc) is 3.64. The Balaban J connectivity index is 0.00000108. The number of carboxylic acid groups (broad SMARTS) is 1. The molecule has 8 nitrogen and oxygen atoms in total. The fourth-order valence-corrected chi connectivity index (χ4v) is 3.29. The highest BCUT2D eigenvalue weighted by molar-refractivity contribution is 6.03. The number of rotatable bonds is 3. The van der Waals surface area contributed by atoms with Crippen molar-refractivity contribution in [1.82, 2.24) is 4.98 Å². The molecule has 0 radical (unpaired) electrons. The summed E-state index contributed by atoms with van der Waals surface area (Å²) in [7, 11) is 0. The smallest absolute Gasteiger partial charge is 0.299 e. The Morgan fingerprint density at radius 2 is 2.03 bits per heavy atom. The number of ether oxygens (including phenoxy) is 1. The molecule has 1 saturated carbocycles. The van der Waals surface area contributed by atoms with Gasteiger partial charge in [-0.2, -0.15) is 0 Å². The predicted octanol–water partition coefficient (Wildman–Crippen LogP) is 3.17. The summed E-state index contributed by atoms with van der Waals surface area (Å²) in [5, 5.41) is 9.28. The van der Waals surface area contributed by atoms with E-state index in [0.29, 0.717) is 11.5 Å². The van der Waals surface area contributed by atoms with E-state index in [2.05, 4.69) is 27.1 Å². The number of alkyl halides is 2. The number of nitrogens with two attached hydrogens (primary N) is 1. The number of hydrogen-bond donors (Lipinski definition) is 3. The Morgan fingerprint density at radius 3 is 2.66 bits per heavy atom. The fraction of sp³-hybridized carbons (Fsp3) is 0.333. The minimum Gasteiger partial charge on any atom is -0.483 e. The van der Waals surface area contributed by atoms with Crippen LogP contribution in [-0.4, -0.2) is 47.4 Å². The molecule has 4 N–H and O–H groups in total. The third kappa shape index (κ3) is 5.96. The predicted molar refractivity (Wildman–Crippen MR) is 122 cm³/mol. The van der Waals surface area contributed by atoms with Gasteiger partial charge >= 0.3 is 0 Å². The number of carbonyl (C=O) groups excluding carboxylic acids is 1. The lowest BCUT2D eigenvalue weighted by Crippen LogP contribution is -2.45. The molecule has 0 unspecified atom stereocenters. The van der Waals surface area contributed by atoms with Crippen LogP contribution in [0.15, 0.2) is 41.5 Å². The number of nitrogens with one attached hydrogen (secondary N) is 1. The zero-order chi connectivity index (χ0) is 25.6. The molecule has 1 aliphatic carbocycles. The minimum atomic E-state index is -3.53. The van der Waals surface area contributed by atoms with Gasteiger partial charge in [0, 0.05) is 23.2 Å². The number of aromatic nitrogens is 1. The summed E-state index contributed by atoms with van der Waals surface area (Å²) < 4.78 is 49.8. The van der Waals surface area contributed by atoms with Crippen molar-refractivity contribution in [3.8, 4) is 11.8 Å². The zero-order valence-corrected chi connectivity index (χ0v) is 18.7. The summed E-state index contributed by atoms with van der Waals surface area (Å²) in [5.41, 5.74) is 3.36. The first kappa shape index (κ1) is 25.7. The number of pyridine rings is 1. The van der Waals surface area contributed by atoms with Gasteiger partial charge in [0.25, 0.3) is 18.3 Å². The number of carbonyl (C=O) groups is 2. The molecule has 1 fully saturated rings. The summed E-state index contributed by atoms with van der Waals surface area (Å²) in [6.45, 7) is -0.416. The summed E-state index contributed by atoms with van der Waals surface area (Å²) in [4.78, 5) is 28.8. The van der Waals surface area contributed by atoms with Gasteiger partial charge in [0.1, 0.15) is 24.7 Å². The topological polar surface area (TPSA) is 127 Å². The first-order valence-electron chi connectivity index (χ1n) is 10.6. The standard InChI is InChI=1S/C23H21F3N4O2.CH2O2/c1-22(23(25,26)13-32-12-19(27)30-22)16-3-2-4-17(20(16)24)29-21(31)18-10-9-15(11-28-18)8-7-14-5-6-14;2-1-3/h2-4,9-11,14H,5-6,12-13H2,1H3,(H2,27,30)(H,29,31);1H,(H,2,3)/t22-;/m1./s1. The summed E-state index contributed by atoms with van der Waals surface area (Å²) in [5.74, 6) is 1.09. The molecule has 184 valence electrons. The van der Waals surface area contributed by atoms with E-state index in [1.165, 1.54) is 30.5 Å². The second kappa shape index (κ2) is 10.6. The Kier molecular flexibility index (Phi) is 7.76. The quantitative estimate of drug-likeness (QED) is 0.450. The van der Waals surface area contributed by atoms with Crippen molar-refractivity contribution < 1.29 is 32.6 Å². The molecule has 1 aromatic heterocycles. The molecule has 0 spiro atoms. The van der Waals surface area contributed by atoms with Gasteiger partial charge in [-0.1, -0.05) is 24.0 Å². The highest BCUT2D eigenvalue weighted by Gasteiger charge is 2.54. The van der Waals surface area contributed by atoms with Crippen LogP contribution in [0.4, 0.5) is 18.9 Å². The fourth-order valence-electron chi connectivity index (χ4n) is 3.29. The van der Waals surface area contributed by atoms with Gasteiger partial charge in [-0.3, -0.25) is 14.6 Å². The maximum absolute atomic E-state index is 15.3. The highest BCUT2D eigenvalue weighted by Crippen LogP contribution is 2.44. The molecule has 2 heterocycles. The van der Waals surface area contributed by atoms with Crippen molar-refractivity contribution in [2.75, 3.05) is 18.5 Å². The Hall–Kier alpha value is -3.91. The van der Waals surface area contributed by atoms with E-state index in [4.69, 9.17) is 20.4 Å². The Morgan fingerprint density at radius 1 is 1.31 bits per heavy atom. The van der Waals surface area contributed by atoms with E-state index >= 15 is 4.39 Å². The summed E-state index contributed by atoms with van der Waals surface area (Å²) in [6, 6.07) is 6.93. The van der Waals surface area contributed by atoms with E-state index in [0.717, 1.165) is 19.8 Å². The van der Waals surface area contributed by atoms with Crippen LogP contribution in [-0.2, 0) is 15.1 Å². The van der Waals surface area contributed by atoms with Gasteiger partial charge in [0.2, 0.25) is 0 Å². The number of nitrogens with zero attached hydrogens (tertiary/aromatic N) is 2. The summed E-state index contributed by atoms with van der Waals surface area (Å²) >= 11 is 0. The minimum absolute atomic E-state index is 0.0356. The van der Waals surface area contributed by atoms with Crippen molar-refractivity contribution in [3.05, 3.63) is 59.2 Å². The first-order valence-corrected chi connectivity index (χ1v) is 10.6. The molecular formula is C24H23F3N4O4. The SMILES string of the molecule is C[C@]1(c2cccc(NC(=O)c3ccc(C#CC4CC4)cn3)c2F)N=C(N)COCC1(F)F.O=CO. The lowest BCUT2D eigenvalue weighted by atomic mass is 9.85. The molecule has 0 saturated heterocycles. The van der Waals surface area contributed by atoms with Gasteiger partial charge in [-0.15, -0.1) is 0 Å². The summed E-state index contributed by atoms with van der Waals surface area (Å²) in [6.07, 6.45) is 3.66. The molecule has 1 atom stereocenters. The van der Waals surface area contributed by atoms with Crippen molar-refractivity contribution in [2.45, 2.75) is 31.2 Å². The second-order valence-corrected chi connectivity index (χ2v) is 8.07. The largest absolute Gasteiger partial charge is 0.483 e. The Bertz CT molecular complexity index is 1190. The molecule has 0 bridgehead atoms. The number of aliphatic imine (C=N–C) groups is 1. The van der Waals surface area contributed by atoms with Crippen LogP contribution in [0.25, 0.3) is 0 Å². The molecular weight excluding hydrogens is 465 g/mol. The number of amidine groups is 1. The number of benzene rings is 1. The normalized spacial score (nSPS) is 20.6. The zero-order valence-electron chi connectivity index (χ0n) is 18.7.